The van der Waals surface area contributed by atoms with Crippen molar-refractivity contribution in [1.82, 2.24) is 29.4 Å². The van der Waals surface area contributed by atoms with Gasteiger partial charge in [-0.25, -0.2) is 19.9 Å². The summed E-state index contributed by atoms with van der Waals surface area (Å²) in [7, 11) is 0. The van der Waals surface area contributed by atoms with E-state index in [1.807, 2.05) is 49.5 Å². The normalized spacial score (nSPS) is 16.2. The minimum atomic E-state index is 0.210. The second-order valence-electron chi connectivity index (χ2n) is 8.43. The van der Waals surface area contributed by atoms with Crippen molar-refractivity contribution in [2.45, 2.75) is 38.8 Å². The van der Waals surface area contributed by atoms with Crippen LogP contribution in [0.2, 0.25) is 0 Å². The van der Waals surface area contributed by atoms with Crippen LogP contribution >= 0.6 is 0 Å². The van der Waals surface area contributed by atoms with Gasteiger partial charge < -0.3 is 9.88 Å². The highest BCUT2D eigenvalue weighted by Gasteiger charge is 2.27. The third-order valence-corrected chi connectivity index (χ3v) is 6.06. The van der Waals surface area contributed by atoms with Crippen molar-refractivity contribution >= 4 is 11.5 Å². The molecule has 1 atom stereocenters. The third kappa shape index (κ3) is 4.80. The van der Waals surface area contributed by atoms with Crippen LogP contribution in [-0.4, -0.2) is 35.9 Å². The van der Waals surface area contributed by atoms with Crippen LogP contribution < -0.4 is 5.32 Å². The van der Waals surface area contributed by atoms with Crippen LogP contribution in [0, 0.1) is 18.3 Å². The molecule has 1 aliphatic heterocycles. The molecule has 4 aromatic heterocycles. The molecular weight excluding hydrogens is 424 g/mol. The third-order valence-electron chi connectivity index (χ3n) is 6.06. The van der Waals surface area contributed by atoms with E-state index < -0.39 is 0 Å². The molecule has 1 aliphatic rings. The molecule has 1 unspecified atom stereocenters. The Morgan fingerprint density at radius 2 is 2.03 bits per heavy atom. The quantitative estimate of drug-likeness (QED) is 0.454. The second-order valence-corrected chi connectivity index (χ2v) is 8.43. The molecule has 1 N–H and O–H groups in total. The fourth-order valence-electron chi connectivity index (χ4n) is 4.50. The molecule has 1 fully saturated rings. The molecule has 0 aliphatic carbocycles. The largest absolute Gasteiger partial charge is 0.339 e. The number of nitrogens with zero attached hydrogens (tertiary/aromatic N) is 7. The Bertz CT molecular complexity index is 1290. The number of nitriles is 1. The Kier molecular flexibility index (Phi) is 6.27. The van der Waals surface area contributed by atoms with Crippen LogP contribution in [0.5, 0.6) is 0 Å². The second kappa shape index (κ2) is 9.81. The predicted octanol–water partition coefficient (Wildman–Crippen LogP) is 4.71. The van der Waals surface area contributed by atoms with Crippen LogP contribution in [-0.2, 0) is 6.54 Å². The Morgan fingerprint density at radius 3 is 2.82 bits per heavy atom. The summed E-state index contributed by atoms with van der Waals surface area (Å²) in [5.74, 6) is 2.39. The summed E-state index contributed by atoms with van der Waals surface area (Å²) in [5.41, 5.74) is 3.40. The van der Waals surface area contributed by atoms with E-state index in [-0.39, 0.29) is 6.04 Å². The molecule has 0 radical (unpaired) electrons. The maximum absolute atomic E-state index is 8.97. The van der Waals surface area contributed by atoms with Gasteiger partial charge in [-0.2, -0.15) is 5.26 Å². The molecule has 0 bridgehead atoms. The molecule has 5 rings (SSSR count). The highest BCUT2D eigenvalue weighted by molar-refractivity contribution is 5.55. The zero-order valence-corrected chi connectivity index (χ0v) is 19.1. The lowest BCUT2D eigenvalue weighted by Gasteiger charge is -2.35. The maximum atomic E-state index is 8.97. The number of rotatable bonds is 6. The molecule has 0 amide bonds. The predicted molar refractivity (Wildman–Crippen MR) is 130 cm³/mol. The Labute approximate surface area is 199 Å². The van der Waals surface area contributed by atoms with Gasteiger partial charge in [-0.1, -0.05) is 12.5 Å². The van der Waals surface area contributed by atoms with Crippen LogP contribution in [0.3, 0.4) is 0 Å². The van der Waals surface area contributed by atoms with Crippen molar-refractivity contribution in [3.8, 4) is 11.9 Å². The van der Waals surface area contributed by atoms with Gasteiger partial charge in [0, 0.05) is 30.7 Å². The highest BCUT2D eigenvalue weighted by Crippen LogP contribution is 2.32. The summed E-state index contributed by atoms with van der Waals surface area (Å²) in [6.07, 6.45) is 8.94. The number of hydrogen-bond donors (Lipinski definition) is 1. The zero-order valence-electron chi connectivity index (χ0n) is 19.1. The molecule has 5 heterocycles. The molecule has 1 saturated heterocycles. The Balaban J connectivity index is 1.39. The van der Waals surface area contributed by atoms with E-state index in [1.54, 1.807) is 12.3 Å². The fraction of sp³-hybridized carbons (Fsp3) is 0.269. The van der Waals surface area contributed by atoms with E-state index in [1.165, 1.54) is 18.5 Å². The van der Waals surface area contributed by atoms with Gasteiger partial charge in [0.05, 0.1) is 23.6 Å². The number of piperidine rings is 1. The lowest BCUT2D eigenvalue weighted by molar-refractivity contribution is 0.134. The van der Waals surface area contributed by atoms with E-state index in [0.29, 0.717) is 5.69 Å². The number of likely N-dealkylation sites (tertiary alicyclic amines) is 1. The average molecular weight is 451 g/mol. The molecule has 0 spiro atoms. The summed E-state index contributed by atoms with van der Waals surface area (Å²) in [6, 6.07) is 18.0. The van der Waals surface area contributed by atoms with Crippen molar-refractivity contribution < 1.29 is 0 Å². The molecule has 4 aromatic rings. The molecule has 0 aromatic carbocycles. The summed E-state index contributed by atoms with van der Waals surface area (Å²) in [6.45, 7) is 3.76. The molecular formula is C26H26N8. The van der Waals surface area contributed by atoms with Crippen molar-refractivity contribution in [3.63, 3.8) is 0 Å². The van der Waals surface area contributed by atoms with Crippen LogP contribution in [0.1, 0.15) is 48.2 Å². The van der Waals surface area contributed by atoms with Crippen molar-refractivity contribution in [3.05, 3.63) is 90.0 Å². The van der Waals surface area contributed by atoms with Gasteiger partial charge in [-0.15, -0.1) is 0 Å². The van der Waals surface area contributed by atoms with Gasteiger partial charge in [-0.05, 0) is 62.7 Å². The summed E-state index contributed by atoms with van der Waals surface area (Å²) < 4.78 is 2.15. The van der Waals surface area contributed by atoms with Gasteiger partial charge in [0.1, 0.15) is 29.2 Å². The van der Waals surface area contributed by atoms with Crippen LogP contribution in [0.25, 0.3) is 5.82 Å². The molecule has 8 nitrogen and oxygen atoms in total. The summed E-state index contributed by atoms with van der Waals surface area (Å²) >= 11 is 0. The SMILES string of the molecule is Cc1nc(Nc2ccc(C#N)nc2)cc(C2CCCCN2Cc2cccn2-c2ccccn2)n1. The first-order valence-electron chi connectivity index (χ1n) is 11.5. The van der Waals surface area contributed by atoms with Crippen LogP contribution in [0.15, 0.2) is 67.1 Å². The number of aryl methyl sites for hydroxylation is 1. The minimum Gasteiger partial charge on any atom is -0.339 e. The van der Waals surface area contributed by atoms with Gasteiger partial charge in [0.2, 0.25) is 0 Å². The standard InChI is InChI=1S/C26H26N8/c1-19-30-23(15-25(31-19)32-21-11-10-20(16-27)29-17-21)24-8-3-5-13-33(24)18-22-7-6-14-34(22)26-9-2-4-12-28-26/h2,4,6-7,9-12,14-15,17,24H,3,5,8,13,18H2,1H3,(H,30,31,32). The molecule has 34 heavy (non-hydrogen) atoms. The van der Waals surface area contributed by atoms with E-state index in [0.717, 1.165) is 48.4 Å². The van der Waals surface area contributed by atoms with E-state index in [9.17, 15) is 0 Å². The smallest absolute Gasteiger partial charge is 0.140 e. The van der Waals surface area contributed by atoms with Gasteiger partial charge in [0.25, 0.3) is 0 Å². The fourth-order valence-corrected chi connectivity index (χ4v) is 4.50. The first kappa shape index (κ1) is 21.7. The van der Waals surface area contributed by atoms with E-state index in [2.05, 4.69) is 48.1 Å². The number of hydrogen-bond acceptors (Lipinski definition) is 7. The molecule has 8 heteroatoms. The first-order chi connectivity index (χ1) is 16.7. The van der Waals surface area contributed by atoms with Crippen molar-refractivity contribution in [1.29, 1.82) is 5.26 Å². The minimum absolute atomic E-state index is 0.210. The number of aromatic nitrogens is 5. The first-order valence-corrected chi connectivity index (χ1v) is 11.5. The highest BCUT2D eigenvalue weighted by atomic mass is 15.2. The number of anilines is 2. The number of pyridine rings is 2. The molecule has 170 valence electrons. The zero-order chi connectivity index (χ0) is 23.3. The Morgan fingerprint density at radius 1 is 1.09 bits per heavy atom. The van der Waals surface area contributed by atoms with Gasteiger partial charge in [-0.3, -0.25) is 4.90 Å². The van der Waals surface area contributed by atoms with Gasteiger partial charge in [0.15, 0.2) is 0 Å². The average Bonchev–Trinajstić information content (AvgIpc) is 3.33. The van der Waals surface area contributed by atoms with Crippen LogP contribution in [0.4, 0.5) is 11.5 Å². The maximum Gasteiger partial charge on any atom is 0.140 e. The number of nitrogens with one attached hydrogen (secondary N) is 1. The van der Waals surface area contributed by atoms with Crippen molar-refractivity contribution in [2.75, 3.05) is 11.9 Å². The summed E-state index contributed by atoms with van der Waals surface area (Å²) in [4.78, 5) is 20.5. The lowest BCUT2D eigenvalue weighted by atomic mass is 9.98. The summed E-state index contributed by atoms with van der Waals surface area (Å²) in [5, 5.41) is 12.3. The van der Waals surface area contributed by atoms with Crippen molar-refractivity contribution in [2.24, 2.45) is 0 Å². The lowest BCUT2D eigenvalue weighted by Crippen LogP contribution is -2.34. The Hall–Kier alpha value is -4.09. The topological polar surface area (TPSA) is 95.6 Å². The van der Waals surface area contributed by atoms with Gasteiger partial charge >= 0.3 is 0 Å². The van der Waals surface area contributed by atoms with E-state index in [4.69, 9.17) is 10.2 Å². The molecule has 0 saturated carbocycles. The monoisotopic (exact) mass is 450 g/mol. The van der Waals surface area contributed by atoms with E-state index >= 15 is 0 Å².